The van der Waals surface area contributed by atoms with E-state index in [-0.39, 0.29) is 5.91 Å². The van der Waals surface area contributed by atoms with E-state index in [4.69, 9.17) is 9.26 Å². The molecule has 6 rings (SSSR count). The molecule has 0 aromatic carbocycles. The minimum Gasteiger partial charge on any atom is -0.474 e. The largest absolute Gasteiger partial charge is 0.474 e. The molecule has 1 amide bonds. The lowest BCUT2D eigenvalue weighted by molar-refractivity contribution is -0.103. The van der Waals surface area contributed by atoms with Crippen LogP contribution in [0.25, 0.3) is 0 Å². The van der Waals surface area contributed by atoms with E-state index in [1.165, 1.54) is 51.4 Å². The highest BCUT2D eigenvalue weighted by Gasteiger charge is 2.54. The van der Waals surface area contributed by atoms with E-state index in [1.54, 1.807) is 11.8 Å². The number of thioether (sulfide) groups is 1. The molecule has 33 heavy (non-hydrogen) atoms. The van der Waals surface area contributed by atoms with Crippen molar-refractivity contribution < 1.29 is 14.1 Å². The van der Waals surface area contributed by atoms with E-state index in [0.717, 1.165) is 49.2 Å². The Hall–Kier alpha value is -1.21. The van der Waals surface area contributed by atoms with Crippen molar-refractivity contribution in [1.29, 1.82) is 0 Å². The molecule has 1 aliphatic heterocycles. The molecule has 7 heteroatoms. The summed E-state index contributed by atoms with van der Waals surface area (Å²) in [4.78, 5) is 14.0. The summed E-state index contributed by atoms with van der Waals surface area (Å²) >= 11 is 1.75. The summed E-state index contributed by atoms with van der Waals surface area (Å²) in [7, 11) is 0. The molecule has 1 saturated heterocycles. The Kier molecular flexibility index (Phi) is 7.26. The molecule has 4 aliphatic carbocycles. The Morgan fingerprint density at radius 3 is 2.67 bits per heavy atom. The molecule has 0 unspecified atom stereocenters. The van der Waals surface area contributed by atoms with Gasteiger partial charge in [-0.05, 0) is 92.3 Å². The van der Waals surface area contributed by atoms with Crippen LogP contribution in [0.4, 0.5) is 0 Å². The predicted octanol–water partition coefficient (Wildman–Crippen LogP) is 5.28. The van der Waals surface area contributed by atoms with Crippen LogP contribution in [0.2, 0.25) is 0 Å². The number of hydrogen-bond donors (Lipinski definition) is 2. The summed E-state index contributed by atoms with van der Waals surface area (Å²) in [6.45, 7) is 8.28. The maximum atomic E-state index is 13.2. The van der Waals surface area contributed by atoms with E-state index in [2.05, 4.69) is 29.6 Å². The van der Waals surface area contributed by atoms with Gasteiger partial charge in [-0.25, -0.2) is 0 Å². The minimum absolute atomic E-state index is 0.128. The third-order valence-electron chi connectivity index (χ3n) is 9.10. The summed E-state index contributed by atoms with van der Waals surface area (Å²) in [5.41, 5.74) is 0.428. The van der Waals surface area contributed by atoms with Crippen LogP contribution in [0.1, 0.15) is 88.6 Å². The first kappa shape index (κ1) is 23.5. The van der Waals surface area contributed by atoms with Gasteiger partial charge < -0.3 is 19.9 Å². The van der Waals surface area contributed by atoms with Gasteiger partial charge in [0.2, 0.25) is 5.76 Å². The van der Waals surface area contributed by atoms with Crippen molar-refractivity contribution in [2.24, 2.45) is 29.1 Å². The van der Waals surface area contributed by atoms with Crippen LogP contribution < -0.4 is 15.4 Å². The van der Waals surface area contributed by atoms with Gasteiger partial charge >= 0.3 is 0 Å². The molecule has 184 valence electrons. The van der Waals surface area contributed by atoms with Gasteiger partial charge in [0.1, 0.15) is 4.90 Å². The van der Waals surface area contributed by atoms with Gasteiger partial charge in [0.05, 0.1) is 6.61 Å². The average Bonchev–Trinajstić information content (AvgIpc) is 3.24. The van der Waals surface area contributed by atoms with Crippen molar-refractivity contribution in [3.8, 4) is 5.88 Å². The number of amides is 1. The van der Waals surface area contributed by atoms with Gasteiger partial charge in [-0.15, -0.1) is 11.8 Å². The zero-order valence-electron chi connectivity index (χ0n) is 20.4. The number of ether oxygens (including phenoxy) is 1. The molecule has 0 radical (unpaired) electrons. The number of piperidine rings is 1. The third-order valence-corrected chi connectivity index (χ3v) is 10.5. The molecule has 2 N–H and O–H groups in total. The zero-order chi connectivity index (χ0) is 22.8. The molecule has 2 heterocycles. The van der Waals surface area contributed by atoms with Crippen LogP contribution in [0.15, 0.2) is 9.42 Å². The number of fused-ring (bicyclic) bond motifs is 2. The Bertz CT molecular complexity index is 812. The Morgan fingerprint density at radius 2 is 1.94 bits per heavy atom. The topological polar surface area (TPSA) is 76.4 Å². The lowest BCUT2D eigenvalue weighted by atomic mass is 9.45. The molecule has 2 bridgehead atoms. The maximum absolute atomic E-state index is 13.2. The van der Waals surface area contributed by atoms with Crippen LogP contribution in [-0.2, 0) is 0 Å². The first-order valence-electron chi connectivity index (χ1n) is 13.3. The summed E-state index contributed by atoms with van der Waals surface area (Å²) in [6.07, 6.45) is 12.3. The quantitative estimate of drug-likeness (QED) is 0.533. The lowest BCUT2D eigenvalue weighted by Gasteiger charge is -2.60. The first-order chi connectivity index (χ1) is 16.0. The highest BCUT2D eigenvalue weighted by atomic mass is 32.2. The number of carbonyl (C=O) groups is 1. The van der Waals surface area contributed by atoms with Gasteiger partial charge in [-0.1, -0.05) is 33.1 Å². The van der Waals surface area contributed by atoms with Gasteiger partial charge in [0.25, 0.3) is 11.8 Å². The first-order valence-corrected chi connectivity index (χ1v) is 14.2. The second kappa shape index (κ2) is 10.2. The second-order valence-electron chi connectivity index (χ2n) is 11.4. The lowest BCUT2D eigenvalue weighted by Crippen LogP contribution is -2.54. The maximum Gasteiger partial charge on any atom is 0.291 e. The van der Waals surface area contributed by atoms with Gasteiger partial charge in [0, 0.05) is 11.8 Å². The molecule has 5 fully saturated rings. The molecule has 4 saturated carbocycles. The Morgan fingerprint density at radius 1 is 1.15 bits per heavy atom. The second-order valence-corrected chi connectivity index (χ2v) is 12.7. The predicted molar refractivity (Wildman–Crippen MR) is 131 cm³/mol. The molecular weight excluding hydrogens is 434 g/mol. The van der Waals surface area contributed by atoms with E-state index in [1.807, 2.05) is 0 Å². The molecule has 1 aromatic rings. The van der Waals surface area contributed by atoms with Crippen LogP contribution in [0.5, 0.6) is 5.88 Å². The minimum atomic E-state index is -0.128. The number of nitrogens with zero attached hydrogens (tertiary/aromatic N) is 1. The SMILES string of the molecule is CC1(C)[C@H]2CC[C@H](CNC(=O)c3onc(OCC4CCNCC4)c3SC3CCCCC3)[C@@H]1C2. The normalized spacial score (nSPS) is 29.9. The van der Waals surface area contributed by atoms with Crippen molar-refractivity contribution in [2.45, 2.75) is 88.2 Å². The van der Waals surface area contributed by atoms with E-state index < -0.39 is 0 Å². The zero-order valence-corrected chi connectivity index (χ0v) is 21.2. The number of rotatable bonds is 8. The number of hydrogen-bond acceptors (Lipinski definition) is 6. The van der Waals surface area contributed by atoms with Gasteiger partial charge in [-0.2, -0.15) is 0 Å². The van der Waals surface area contributed by atoms with Crippen LogP contribution >= 0.6 is 11.8 Å². The highest BCUT2D eigenvalue weighted by molar-refractivity contribution is 8.00. The standard InChI is InChI=1S/C26H41N3O3S/c1-26(2)19-9-8-18(21(26)14-19)15-28-24(30)22-23(33-20-6-4-3-5-7-20)25(29-32-22)31-16-17-10-12-27-13-11-17/h17-21,27H,3-16H2,1-2H3,(H,28,30)/t18-,19+,21+/m1/s1. The highest BCUT2D eigenvalue weighted by Crippen LogP contribution is 2.61. The smallest absolute Gasteiger partial charge is 0.291 e. The van der Waals surface area contributed by atoms with Crippen molar-refractivity contribution in [1.82, 2.24) is 15.8 Å². The Labute approximate surface area is 202 Å². The molecule has 3 atom stereocenters. The van der Waals surface area contributed by atoms with Gasteiger partial charge in [0.15, 0.2) is 0 Å². The fourth-order valence-electron chi connectivity index (χ4n) is 6.71. The van der Waals surface area contributed by atoms with Crippen molar-refractivity contribution in [2.75, 3.05) is 26.2 Å². The molecular formula is C26H41N3O3S. The van der Waals surface area contributed by atoms with Crippen molar-refractivity contribution in [3.63, 3.8) is 0 Å². The fourth-order valence-corrected chi connectivity index (χ4v) is 8.05. The summed E-state index contributed by atoms with van der Waals surface area (Å²) < 4.78 is 11.8. The average molecular weight is 476 g/mol. The fraction of sp³-hybridized carbons (Fsp3) is 0.846. The van der Waals surface area contributed by atoms with E-state index >= 15 is 0 Å². The van der Waals surface area contributed by atoms with Crippen LogP contribution in [0, 0.1) is 29.1 Å². The molecule has 0 spiro atoms. The number of aromatic nitrogens is 1. The number of nitrogens with one attached hydrogen (secondary N) is 2. The van der Waals surface area contributed by atoms with E-state index in [9.17, 15) is 4.79 Å². The summed E-state index contributed by atoms with van der Waals surface area (Å²) in [5.74, 6) is 3.46. The van der Waals surface area contributed by atoms with Crippen LogP contribution in [-0.4, -0.2) is 42.6 Å². The summed E-state index contributed by atoms with van der Waals surface area (Å²) in [6, 6.07) is 0. The van der Waals surface area contributed by atoms with Gasteiger partial charge in [-0.3, -0.25) is 4.79 Å². The number of carbonyl (C=O) groups excluding carboxylic acids is 1. The third kappa shape index (κ3) is 5.09. The molecule has 1 aromatic heterocycles. The summed E-state index contributed by atoms with van der Waals surface area (Å²) in [5, 5.41) is 11.4. The van der Waals surface area contributed by atoms with Crippen molar-refractivity contribution >= 4 is 17.7 Å². The molecule has 6 nitrogen and oxygen atoms in total. The monoisotopic (exact) mass is 475 g/mol. The Balaban J connectivity index is 1.24. The van der Waals surface area contributed by atoms with E-state index in [0.29, 0.717) is 40.7 Å². The van der Waals surface area contributed by atoms with Crippen molar-refractivity contribution in [3.05, 3.63) is 5.76 Å². The van der Waals surface area contributed by atoms with Crippen LogP contribution in [0.3, 0.4) is 0 Å². The molecule has 5 aliphatic rings.